The number of aromatic nitrogens is 3. The van der Waals surface area contributed by atoms with Gasteiger partial charge in [-0.3, -0.25) is 4.68 Å². The molecule has 2 aromatic heterocycles. The lowest BCUT2D eigenvalue weighted by Crippen LogP contribution is -2.04. The van der Waals surface area contributed by atoms with Crippen LogP contribution in [-0.4, -0.2) is 27.8 Å². The van der Waals surface area contributed by atoms with Gasteiger partial charge in [0.15, 0.2) is 0 Å². The van der Waals surface area contributed by atoms with Gasteiger partial charge in [-0.15, -0.1) is 0 Å². The zero-order chi connectivity index (χ0) is 12.4. The van der Waals surface area contributed by atoms with Gasteiger partial charge in [-0.2, -0.15) is 5.10 Å². The average Bonchev–Trinajstić information content (AvgIpc) is 2.68. The summed E-state index contributed by atoms with van der Waals surface area (Å²) in [6.07, 6.45) is 1.64. The Morgan fingerprint density at radius 3 is 2.65 bits per heavy atom. The Balaban J connectivity index is 2.35. The van der Waals surface area contributed by atoms with E-state index in [9.17, 15) is 4.79 Å². The van der Waals surface area contributed by atoms with Crippen molar-refractivity contribution in [1.29, 1.82) is 0 Å². The third-order valence-electron chi connectivity index (χ3n) is 2.46. The van der Waals surface area contributed by atoms with Crippen molar-refractivity contribution in [3.8, 4) is 11.3 Å². The van der Waals surface area contributed by atoms with Gasteiger partial charge in [-0.1, -0.05) is 0 Å². The van der Waals surface area contributed by atoms with E-state index >= 15 is 0 Å². The summed E-state index contributed by atoms with van der Waals surface area (Å²) in [6.45, 7) is 1.93. The molecule has 0 saturated heterocycles. The molecule has 5 heteroatoms. The predicted octanol–water partition coefficient (Wildman–Crippen LogP) is 1.58. The molecule has 0 aromatic carbocycles. The fourth-order valence-corrected chi connectivity index (χ4v) is 1.65. The van der Waals surface area contributed by atoms with Gasteiger partial charge in [0.1, 0.15) is 5.69 Å². The topological polar surface area (TPSA) is 57.0 Å². The molecule has 0 saturated carbocycles. The van der Waals surface area contributed by atoms with Crippen molar-refractivity contribution in [2.75, 3.05) is 7.11 Å². The molecule has 88 valence electrons. The van der Waals surface area contributed by atoms with Crippen molar-refractivity contribution in [2.24, 2.45) is 7.05 Å². The van der Waals surface area contributed by atoms with E-state index in [1.54, 1.807) is 16.9 Å². The van der Waals surface area contributed by atoms with Crippen molar-refractivity contribution in [3.63, 3.8) is 0 Å². The fourth-order valence-electron chi connectivity index (χ4n) is 1.65. The first kappa shape index (κ1) is 11.3. The highest BCUT2D eigenvalue weighted by Gasteiger charge is 2.09. The Labute approximate surface area is 99.1 Å². The number of methoxy groups -OCH3 is 1. The second-order valence-corrected chi connectivity index (χ2v) is 3.72. The highest BCUT2D eigenvalue weighted by Crippen LogP contribution is 2.18. The van der Waals surface area contributed by atoms with Crippen molar-refractivity contribution in [1.82, 2.24) is 14.8 Å². The lowest BCUT2D eigenvalue weighted by Gasteiger charge is -2.02. The molecule has 0 radical (unpaired) electrons. The summed E-state index contributed by atoms with van der Waals surface area (Å²) in [4.78, 5) is 15.3. The third-order valence-corrected chi connectivity index (χ3v) is 2.46. The van der Waals surface area contributed by atoms with E-state index in [0.717, 1.165) is 17.0 Å². The van der Waals surface area contributed by atoms with E-state index in [-0.39, 0.29) is 0 Å². The maximum absolute atomic E-state index is 11.2. The number of rotatable bonds is 2. The largest absolute Gasteiger partial charge is 0.464 e. The highest BCUT2D eigenvalue weighted by atomic mass is 16.5. The van der Waals surface area contributed by atoms with Gasteiger partial charge < -0.3 is 4.74 Å². The zero-order valence-corrected chi connectivity index (χ0v) is 9.97. The Morgan fingerprint density at radius 1 is 1.41 bits per heavy atom. The SMILES string of the molecule is COC(=O)c1ccc(-c2cc(C)nn2C)cn1. The minimum Gasteiger partial charge on any atom is -0.464 e. The summed E-state index contributed by atoms with van der Waals surface area (Å²) < 4.78 is 6.37. The Bertz CT molecular complexity index is 543. The van der Waals surface area contributed by atoms with E-state index in [1.807, 2.05) is 26.1 Å². The van der Waals surface area contributed by atoms with E-state index in [4.69, 9.17) is 0 Å². The van der Waals surface area contributed by atoms with Crippen LogP contribution in [0.3, 0.4) is 0 Å². The van der Waals surface area contributed by atoms with Crippen LogP contribution in [-0.2, 0) is 11.8 Å². The minimum atomic E-state index is -0.433. The summed E-state index contributed by atoms with van der Waals surface area (Å²) in [5.74, 6) is -0.433. The van der Waals surface area contributed by atoms with Crippen LogP contribution in [0.25, 0.3) is 11.3 Å². The number of carbonyl (C=O) groups is 1. The summed E-state index contributed by atoms with van der Waals surface area (Å²) in [6, 6.07) is 5.44. The lowest BCUT2D eigenvalue weighted by molar-refractivity contribution is 0.0594. The standard InChI is InChI=1S/C12H13N3O2/c1-8-6-11(15(2)14-8)9-4-5-10(13-7-9)12(16)17-3/h4-7H,1-3H3. The number of aryl methyl sites for hydroxylation is 2. The molecule has 2 heterocycles. The van der Waals surface area contributed by atoms with E-state index < -0.39 is 5.97 Å². The first-order valence-electron chi connectivity index (χ1n) is 5.17. The molecular weight excluding hydrogens is 218 g/mol. The molecular formula is C12H13N3O2. The fraction of sp³-hybridized carbons (Fsp3) is 0.250. The Hall–Kier alpha value is -2.17. The molecule has 0 aliphatic heterocycles. The third kappa shape index (κ3) is 2.18. The van der Waals surface area contributed by atoms with Gasteiger partial charge in [0.2, 0.25) is 0 Å². The maximum atomic E-state index is 11.2. The minimum absolute atomic E-state index is 0.301. The van der Waals surface area contributed by atoms with Crippen LogP contribution in [0.4, 0.5) is 0 Å². The van der Waals surface area contributed by atoms with Crippen LogP contribution in [0.15, 0.2) is 24.4 Å². The van der Waals surface area contributed by atoms with Gasteiger partial charge in [0, 0.05) is 18.8 Å². The van der Waals surface area contributed by atoms with E-state index in [2.05, 4.69) is 14.8 Å². The predicted molar refractivity (Wildman–Crippen MR) is 62.5 cm³/mol. The molecule has 0 spiro atoms. The van der Waals surface area contributed by atoms with E-state index in [1.165, 1.54) is 7.11 Å². The normalized spacial score (nSPS) is 10.3. The summed E-state index contributed by atoms with van der Waals surface area (Å²) in [5.41, 5.74) is 3.13. The molecule has 2 rings (SSSR count). The molecule has 0 unspecified atom stereocenters. The summed E-state index contributed by atoms with van der Waals surface area (Å²) in [7, 11) is 3.21. The van der Waals surface area contributed by atoms with Crippen molar-refractivity contribution in [2.45, 2.75) is 6.92 Å². The van der Waals surface area contributed by atoms with E-state index in [0.29, 0.717) is 5.69 Å². The van der Waals surface area contributed by atoms with Gasteiger partial charge in [-0.25, -0.2) is 9.78 Å². The van der Waals surface area contributed by atoms with Crippen LogP contribution in [0.2, 0.25) is 0 Å². The molecule has 5 nitrogen and oxygen atoms in total. The van der Waals surface area contributed by atoms with Crippen LogP contribution in [0.1, 0.15) is 16.2 Å². The number of esters is 1. The second-order valence-electron chi connectivity index (χ2n) is 3.72. The van der Waals surface area contributed by atoms with Gasteiger partial charge in [-0.05, 0) is 25.1 Å². The number of carbonyl (C=O) groups excluding carboxylic acids is 1. The quantitative estimate of drug-likeness (QED) is 0.736. The number of pyridine rings is 1. The van der Waals surface area contributed by atoms with Crippen molar-refractivity contribution >= 4 is 5.97 Å². The average molecular weight is 231 g/mol. The highest BCUT2D eigenvalue weighted by molar-refractivity contribution is 5.87. The van der Waals surface area contributed by atoms with Crippen molar-refractivity contribution < 1.29 is 9.53 Å². The molecule has 0 aliphatic rings. The maximum Gasteiger partial charge on any atom is 0.356 e. The zero-order valence-electron chi connectivity index (χ0n) is 9.97. The number of ether oxygens (including phenoxy) is 1. The van der Waals surface area contributed by atoms with Crippen LogP contribution in [0.5, 0.6) is 0 Å². The summed E-state index contributed by atoms with van der Waals surface area (Å²) in [5, 5.41) is 4.26. The molecule has 17 heavy (non-hydrogen) atoms. The molecule has 2 aromatic rings. The molecule has 0 atom stereocenters. The first-order chi connectivity index (χ1) is 8.11. The van der Waals surface area contributed by atoms with Crippen molar-refractivity contribution in [3.05, 3.63) is 35.8 Å². The van der Waals surface area contributed by atoms with Gasteiger partial charge >= 0.3 is 5.97 Å². The smallest absolute Gasteiger partial charge is 0.356 e. The number of hydrogen-bond acceptors (Lipinski definition) is 4. The molecule has 0 fully saturated rings. The molecule has 0 amide bonds. The number of nitrogens with zero attached hydrogens (tertiary/aromatic N) is 3. The molecule has 0 N–H and O–H groups in total. The second kappa shape index (κ2) is 4.37. The Morgan fingerprint density at radius 2 is 2.18 bits per heavy atom. The van der Waals surface area contributed by atoms with Gasteiger partial charge in [0.25, 0.3) is 0 Å². The number of hydrogen-bond donors (Lipinski definition) is 0. The first-order valence-corrected chi connectivity index (χ1v) is 5.17. The van der Waals surface area contributed by atoms with Crippen LogP contribution < -0.4 is 0 Å². The molecule has 0 bridgehead atoms. The molecule has 0 aliphatic carbocycles. The van der Waals surface area contributed by atoms with Crippen LogP contribution in [0, 0.1) is 6.92 Å². The summed E-state index contributed by atoms with van der Waals surface area (Å²) >= 11 is 0. The Kier molecular flexibility index (Phi) is 2.91. The monoisotopic (exact) mass is 231 g/mol. The van der Waals surface area contributed by atoms with Gasteiger partial charge in [0.05, 0.1) is 18.5 Å². The van der Waals surface area contributed by atoms with Crippen LogP contribution >= 0.6 is 0 Å². The lowest BCUT2D eigenvalue weighted by atomic mass is 10.2.